The van der Waals surface area contributed by atoms with Crippen LogP contribution in [0.4, 0.5) is 0 Å². The predicted molar refractivity (Wildman–Crippen MR) is 72.2 cm³/mol. The van der Waals surface area contributed by atoms with Crippen LogP contribution in [0.2, 0.25) is 0 Å². The van der Waals surface area contributed by atoms with Gasteiger partial charge >= 0.3 is 0 Å². The first-order chi connectivity index (χ1) is 9.33. The monoisotopic (exact) mass is 270 g/mol. The maximum Gasteiger partial charge on any atom is 0.0989 e. The second-order valence-electron chi connectivity index (χ2n) is 6.03. The van der Waals surface area contributed by atoms with E-state index in [0.717, 1.165) is 32.8 Å². The van der Waals surface area contributed by atoms with Gasteiger partial charge in [-0.25, -0.2) is 0 Å². The van der Waals surface area contributed by atoms with Crippen molar-refractivity contribution in [2.75, 3.05) is 39.5 Å². The van der Waals surface area contributed by atoms with Gasteiger partial charge in [0.1, 0.15) is 0 Å². The summed E-state index contributed by atoms with van der Waals surface area (Å²) < 4.78 is 11.1. The van der Waals surface area contributed by atoms with Crippen molar-refractivity contribution in [3.05, 3.63) is 0 Å². The standard InChI is InChI=1S/C14H26N2O3/c17-14-12(15-11-3-1-2-4-11)10-19-13(14)9-16-5-7-18-8-6-16/h11-15,17H,1-10H2. The SMILES string of the molecule is OC1C(NC2CCCC2)COC1CN1CCOCC1. The van der Waals surface area contributed by atoms with Crippen molar-refractivity contribution in [2.24, 2.45) is 0 Å². The van der Waals surface area contributed by atoms with Gasteiger partial charge in [0.05, 0.1) is 38.1 Å². The number of nitrogens with zero attached hydrogens (tertiary/aromatic N) is 1. The lowest BCUT2D eigenvalue weighted by atomic mass is 10.1. The average Bonchev–Trinajstić information content (AvgIpc) is 3.05. The summed E-state index contributed by atoms with van der Waals surface area (Å²) in [6, 6.07) is 0.708. The minimum atomic E-state index is -0.372. The lowest BCUT2D eigenvalue weighted by molar-refractivity contribution is -0.0182. The Morgan fingerprint density at radius 3 is 2.63 bits per heavy atom. The first-order valence-electron chi connectivity index (χ1n) is 7.69. The zero-order chi connectivity index (χ0) is 13.1. The van der Waals surface area contributed by atoms with E-state index in [4.69, 9.17) is 9.47 Å². The van der Waals surface area contributed by atoms with Gasteiger partial charge in [0.25, 0.3) is 0 Å². The van der Waals surface area contributed by atoms with E-state index in [2.05, 4.69) is 10.2 Å². The maximum atomic E-state index is 10.4. The molecule has 0 bridgehead atoms. The number of hydrogen-bond donors (Lipinski definition) is 2. The molecular formula is C14H26N2O3. The van der Waals surface area contributed by atoms with Crippen LogP contribution >= 0.6 is 0 Å². The highest BCUT2D eigenvalue weighted by Crippen LogP contribution is 2.22. The van der Waals surface area contributed by atoms with Crippen molar-refractivity contribution in [1.29, 1.82) is 0 Å². The van der Waals surface area contributed by atoms with E-state index >= 15 is 0 Å². The number of morpholine rings is 1. The van der Waals surface area contributed by atoms with Crippen molar-refractivity contribution in [2.45, 2.75) is 50.0 Å². The quantitative estimate of drug-likeness (QED) is 0.752. The van der Waals surface area contributed by atoms with Gasteiger partial charge in [-0.2, -0.15) is 0 Å². The minimum absolute atomic E-state index is 0.0444. The highest BCUT2D eigenvalue weighted by atomic mass is 16.5. The summed E-state index contributed by atoms with van der Waals surface area (Å²) in [7, 11) is 0. The molecule has 2 N–H and O–H groups in total. The van der Waals surface area contributed by atoms with Crippen LogP contribution in [0.15, 0.2) is 0 Å². The van der Waals surface area contributed by atoms with E-state index in [1.807, 2.05) is 0 Å². The molecule has 19 heavy (non-hydrogen) atoms. The fraction of sp³-hybridized carbons (Fsp3) is 1.00. The van der Waals surface area contributed by atoms with Gasteiger partial charge in [0.2, 0.25) is 0 Å². The first-order valence-corrected chi connectivity index (χ1v) is 7.69. The van der Waals surface area contributed by atoms with Crippen molar-refractivity contribution < 1.29 is 14.6 Å². The summed E-state index contributed by atoms with van der Waals surface area (Å²) in [5.74, 6) is 0. The number of aliphatic hydroxyl groups is 1. The zero-order valence-electron chi connectivity index (χ0n) is 11.6. The third kappa shape index (κ3) is 3.47. The van der Waals surface area contributed by atoms with Crippen LogP contribution < -0.4 is 5.32 Å². The summed E-state index contributed by atoms with van der Waals surface area (Å²) in [6.07, 6.45) is 4.71. The molecule has 3 unspecified atom stereocenters. The van der Waals surface area contributed by atoms with Gasteiger partial charge in [-0.1, -0.05) is 12.8 Å². The van der Waals surface area contributed by atoms with Gasteiger partial charge in [-0.15, -0.1) is 0 Å². The van der Waals surface area contributed by atoms with E-state index in [-0.39, 0.29) is 18.2 Å². The number of rotatable bonds is 4. The number of aliphatic hydroxyl groups excluding tert-OH is 1. The van der Waals surface area contributed by atoms with Gasteiger partial charge < -0.3 is 19.9 Å². The predicted octanol–water partition coefficient (Wildman–Crippen LogP) is -0.0209. The van der Waals surface area contributed by atoms with Crippen LogP contribution in [0, 0.1) is 0 Å². The smallest absolute Gasteiger partial charge is 0.0989 e. The third-order valence-electron chi connectivity index (χ3n) is 4.63. The highest BCUT2D eigenvalue weighted by Gasteiger charge is 2.38. The third-order valence-corrected chi connectivity index (χ3v) is 4.63. The molecule has 0 radical (unpaired) electrons. The molecule has 3 aliphatic rings. The Bertz CT molecular complexity index is 278. The molecule has 0 aromatic rings. The fourth-order valence-corrected chi connectivity index (χ4v) is 3.42. The molecule has 0 spiro atoms. The number of hydrogen-bond acceptors (Lipinski definition) is 5. The summed E-state index contributed by atoms with van der Waals surface area (Å²) in [6.45, 7) is 4.97. The molecule has 1 saturated carbocycles. The molecule has 110 valence electrons. The molecule has 0 aromatic heterocycles. The highest BCUT2D eigenvalue weighted by molar-refractivity contribution is 4.92. The van der Waals surface area contributed by atoms with E-state index < -0.39 is 0 Å². The van der Waals surface area contributed by atoms with E-state index in [0.29, 0.717) is 12.6 Å². The summed E-state index contributed by atoms with van der Waals surface area (Å²) in [4.78, 5) is 2.33. The van der Waals surface area contributed by atoms with Gasteiger partial charge in [-0.05, 0) is 12.8 Å². The second kappa shape index (κ2) is 6.50. The summed E-state index contributed by atoms with van der Waals surface area (Å²) in [5.41, 5.74) is 0. The Morgan fingerprint density at radius 2 is 1.89 bits per heavy atom. The normalized spacial score (nSPS) is 38.1. The topological polar surface area (TPSA) is 54.0 Å². The molecule has 0 aromatic carbocycles. The van der Waals surface area contributed by atoms with E-state index in [1.54, 1.807) is 0 Å². The molecule has 3 rings (SSSR count). The molecule has 5 nitrogen and oxygen atoms in total. The Morgan fingerprint density at radius 1 is 1.16 bits per heavy atom. The molecule has 3 atom stereocenters. The lowest BCUT2D eigenvalue weighted by Crippen LogP contribution is -2.49. The van der Waals surface area contributed by atoms with Crippen molar-refractivity contribution >= 4 is 0 Å². The molecule has 2 aliphatic heterocycles. The molecule has 2 heterocycles. The minimum Gasteiger partial charge on any atom is -0.389 e. The van der Waals surface area contributed by atoms with Crippen molar-refractivity contribution in [1.82, 2.24) is 10.2 Å². The summed E-state index contributed by atoms with van der Waals surface area (Å²) in [5, 5.41) is 14.0. The Kier molecular flexibility index (Phi) is 4.71. The van der Waals surface area contributed by atoms with Gasteiger partial charge in [-0.3, -0.25) is 4.90 Å². The Balaban J connectivity index is 1.45. The number of nitrogens with one attached hydrogen (secondary N) is 1. The first kappa shape index (κ1) is 13.8. The van der Waals surface area contributed by atoms with Crippen LogP contribution in [-0.2, 0) is 9.47 Å². The Labute approximate surface area is 115 Å². The van der Waals surface area contributed by atoms with Crippen LogP contribution in [0.25, 0.3) is 0 Å². The molecule has 0 amide bonds. The Hall–Kier alpha value is -0.200. The largest absolute Gasteiger partial charge is 0.389 e. The van der Waals surface area contributed by atoms with Crippen molar-refractivity contribution in [3.8, 4) is 0 Å². The van der Waals surface area contributed by atoms with E-state index in [9.17, 15) is 5.11 Å². The van der Waals surface area contributed by atoms with Crippen molar-refractivity contribution in [3.63, 3.8) is 0 Å². The zero-order valence-corrected chi connectivity index (χ0v) is 11.6. The molecular weight excluding hydrogens is 244 g/mol. The van der Waals surface area contributed by atoms with Crippen LogP contribution in [0.3, 0.4) is 0 Å². The van der Waals surface area contributed by atoms with Gasteiger partial charge in [0, 0.05) is 25.7 Å². The van der Waals surface area contributed by atoms with Crippen LogP contribution in [-0.4, -0.2) is 73.8 Å². The average molecular weight is 270 g/mol. The van der Waals surface area contributed by atoms with Gasteiger partial charge in [0.15, 0.2) is 0 Å². The lowest BCUT2D eigenvalue weighted by Gasteiger charge is -2.30. The number of ether oxygens (including phenoxy) is 2. The van der Waals surface area contributed by atoms with Crippen LogP contribution in [0.5, 0.6) is 0 Å². The van der Waals surface area contributed by atoms with E-state index in [1.165, 1.54) is 25.7 Å². The molecule has 3 fully saturated rings. The molecule has 1 aliphatic carbocycles. The fourth-order valence-electron chi connectivity index (χ4n) is 3.42. The van der Waals surface area contributed by atoms with Crippen LogP contribution in [0.1, 0.15) is 25.7 Å². The molecule has 5 heteroatoms. The second-order valence-corrected chi connectivity index (χ2v) is 6.03. The maximum absolute atomic E-state index is 10.4. The molecule has 2 saturated heterocycles. The summed E-state index contributed by atoms with van der Waals surface area (Å²) >= 11 is 0.